The number of aromatic nitrogens is 4. The van der Waals surface area contributed by atoms with Gasteiger partial charge in [-0.25, -0.2) is 0 Å². The summed E-state index contributed by atoms with van der Waals surface area (Å²) >= 11 is 4.83. The van der Waals surface area contributed by atoms with Crippen LogP contribution < -0.4 is 0 Å². The van der Waals surface area contributed by atoms with Gasteiger partial charge in [0, 0.05) is 11.8 Å². The first-order chi connectivity index (χ1) is 5.77. The van der Waals surface area contributed by atoms with Crippen molar-refractivity contribution < 1.29 is 22.0 Å². The molecule has 0 spiro atoms. The largest absolute Gasteiger partial charge is 0.461 e. The first-order valence-electron chi connectivity index (χ1n) is 2.66. The van der Waals surface area contributed by atoms with E-state index in [1.807, 2.05) is 0 Å². The van der Waals surface area contributed by atoms with Crippen LogP contribution in [0.25, 0.3) is 0 Å². The van der Waals surface area contributed by atoms with Gasteiger partial charge in [0.05, 0.1) is 0 Å². The Hall–Kier alpha value is -0.990. The number of rotatable bonds is 1. The molecule has 0 aromatic carbocycles. The van der Waals surface area contributed by atoms with Gasteiger partial charge in [0.1, 0.15) is 0 Å². The van der Waals surface area contributed by atoms with Crippen molar-refractivity contribution in [1.82, 2.24) is 19.7 Å². The van der Waals surface area contributed by atoms with Gasteiger partial charge in [-0.2, -0.15) is 22.0 Å². The molecule has 0 saturated carbocycles. The standard InChI is InChI=1S/C3ClF5N4/c4-13-1(10-11-12-13)2(5,6)3(7,8)9. The van der Waals surface area contributed by atoms with E-state index in [1.165, 1.54) is 0 Å². The van der Waals surface area contributed by atoms with Crippen LogP contribution in [-0.4, -0.2) is 25.9 Å². The minimum Gasteiger partial charge on any atom is -0.187 e. The minimum atomic E-state index is -5.77. The second-order valence-corrected chi connectivity index (χ2v) is 2.25. The molecule has 4 nitrogen and oxygen atoms in total. The number of halogens is 6. The average Bonchev–Trinajstić information content (AvgIpc) is 2.32. The van der Waals surface area contributed by atoms with E-state index in [0.29, 0.717) is 0 Å². The molecule has 1 rings (SSSR count). The highest BCUT2D eigenvalue weighted by molar-refractivity contribution is 6.14. The van der Waals surface area contributed by atoms with Crippen molar-refractivity contribution in [1.29, 1.82) is 0 Å². The summed E-state index contributed by atoms with van der Waals surface area (Å²) in [6.07, 6.45) is -5.77. The summed E-state index contributed by atoms with van der Waals surface area (Å²) < 4.78 is 59.5. The Balaban J connectivity index is 3.15. The van der Waals surface area contributed by atoms with E-state index in [0.717, 1.165) is 0 Å². The quantitative estimate of drug-likeness (QED) is 0.674. The highest BCUT2D eigenvalue weighted by atomic mass is 35.5. The van der Waals surface area contributed by atoms with Crippen molar-refractivity contribution in [2.45, 2.75) is 12.1 Å². The Morgan fingerprint density at radius 3 is 2.00 bits per heavy atom. The van der Waals surface area contributed by atoms with Gasteiger partial charge < -0.3 is 0 Å². The summed E-state index contributed by atoms with van der Waals surface area (Å²) in [6.45, 7) is 0. The Morgan fingerprint density at radius 1 is 1.15 bits per heavy atom. The fourth-order valence-corrected chi connectivity index (χ4v) is 0.652. The van der Waals surface area contributed by atoms with Crippen LogP contribution in [0.1, 0.15) is 5.82 Å². The Kier molecular flexibility index (Phi) is 2.14. The van der Waals surface area contributed by atoms with Crippen LogP contribution in [-0.2, 0) is 5.92 Å². The predicted molar refractivity (Wildman–Crippen MR) is 29.0 cm³/mol. The van der Waals surface area contributed by atoms with Crippen LogP contribution in [0, 0.1) is 0 Å². The highest BCUT2D eigenvalue weighted by Crippen LogP contribution is 2.42. The molecule has 1 aromatic heterocycles. The van der Waals surface area contributed by atoms with E-state index >= 15 is 0 Å². The van der Waals surface area contributed by atoms with Crippen LogP contribution in [0.3, 0.4) is 0 Å². The molecule has 0 unspecified atom stereocenters. The lowest BCUT2D eigenvalue weighted by Crippen LogP contribution is -2.35. The molecule has 0 atom stereocenters. The number of nitrogens with zero attached hydrogens (tertiary/aromatic N) is 4. The Morgan fingerprint density at radius 2 is 1.69 bits per heavy atom. The maximum atomic E-state index is 12.4. The lowest BCUT2D eigenvalue weighted by molar-refractivity contribution is -0.293. The van der Waals surface area contributed by atoms with Crippen molar-refractivity contribution in [3.8, 4) is 0 Å². The molecule has 74 valence electrons. The van der Waals surface area contributed by atoms with E-state index in [4.69, 9.17) is 11.8 Å². The molecule has 13 heavy (non-hydrogen) atoms. The lowest BCUT2D eigenvalue weighted by Gasteiger charge is -2.16. The maximum Gasteiger partial charge on any atom is 0.461 e. The molecule has 0 amide bonds. The molecular weight excluding hydrogens is 223 g/mol. The molecular formula is C3ClF5N4. The highest BCUT2D eigenvalue weighted by Gasteiger charge is 2.62. The monoisotopic (exact) mass is 222 g/mol. The van der Waals surface area contributed by atoms with Crippen molar-refractivity contribution in [3.05, 3.63) is 5.82 Å². The zero-order valence-corrected chi connectivity index (χ0v) is 6.31. The predicted octanol–water partition coefficient (Wildman–Crippen LogP) is 1.33. The molecule has 1 heterocycles. The first-order valence-corrected chi connectivity index (χ1v) is 3.00. The summed E-state index contributed by atoms with van der Waals surface area (Å²) in [5.41, 5.74) is 0. The normalized spacial score (nSPS) is 13.4. The van der Waals surface area contributed by atoms with Crippen molar-refractivity contribution in [2.24, 2.45) is 0 Å². The van der Waals surface area contributed by atoms with E-state index in [1.54, 1.807) is 0 Å². The SMILES string of the molecule is FC(F)(F)C(F)(F)c1nnnn1Cl. The molecule has 0 bridgehead atoms. The minimum absolute atomic E-state index is 0.256. The second-order valence-electron chi connectivity index (χ2n) is 1.93. The summed E-state index contributed by atoms with van der Waals surface area (Å²) in [5.74, 6) is -6.92. The summed E-state index contributed by atoms with van der Waals surface area (Å²) in [5, 5.41) is 7.64. The summed E-state index contributed by atoms with van der Waals surface area (Å²) in [7, 11) is 0. The zero-order valence-electron chi connectivity index (χ0n) is 5.56. The van der Waals surface area contributed by atoms with Crippen LogP contribution >= 0.6 is 11.8 Å². The van der Waals surface area contributed by atoms with E-state index in [-0.39, 0.29) is 4.20 Å². The van der Waals surface area contributed by atoms with Gasteiger partial charge in [0.25, 0.3) is 0 Å². The van der Waals surface area contributed by atoms with E-state index in [9.17, 15) is 22.0 Å². The zero-order chi connectivity index (χ0) is 10.3. The molecule has 1 aromatic rings. The first kappa shape index (κ1) is 10.1. The van der Waals surface area contributed by atoms with Crippen LogP contribution in [0.15, 0.2) is 0 Å². The molecule has 0 saturated heterocycles. The van der Waals surface area contributed by atoms with Gasteiger partial charge in [0.15, 0.2) is 0 Å². The van der Waals surface area contributed by atoms with Crippen molar-refractivity contribution in [3.63, 3.8) is 0 Å². The van der Waals surface area contributed by atoms with Gasteiger partial charge in [-0.3, -0.25) is 0 Å². The van der Waals surface area contributed by atoms with Gasteiger partial charge in [-0.1, -0.05) is 0 Å². The molecule has 0 fully saturated rings. The third-order valence-electron chi connectivity index (χ3n) is 1.07. The molecule has 0 N–H and O–H groups in total. The van der Waals surface area contributed by atoms with Gasteiger partial charge in [-0.15, -0.1) is 9.30 Å². The fraction of sp³-hybridized carbons (Fsp3) is 0.667. The van der Waals surface area contributed by atoms with Crippen molar-refractivity contribution >= 4 is 11.8 Å². The number of hydrogen-bond donors (Lipinski definition) is 0. The number of hydrogen-bond acceptors (Lipinski definition) is 3. The third-order valence-corrected chi connectivity index (χ3v) is 1.30. The molecule has 0 radical (unpaired) electrons. The van der Waals surface area contributed by atoms with Gasteiger partial charge in [0.2, 0.25) is 5.82 Å². The maximum absolute atomic E-state index is 12.4. The molecule has 0 aliphatic heterocycles. The molecule has 0 aliphatic rings. The third kappa shape index (κ3) is 1.55. The van der Waals surface area contributed by atoms with Crippen LogP contribution in [0.5, 0.6) is 0 Å². The topological polar surface area (TPSA) is 43.6 Å². The summed E-state index contributed by atoms with van der Waals surface area (Å²) in [6, 6.07) is 0. The Bertz CT molecular complexity index is 305. The average molecular weight is 223 g/mol. The van der Waals surface area contributed by atoms with Crippen LogP contribution in [0.4, 0.5) is 22.0 Å². The van der Waals surface area contributed by atoms with E-state index < -0.39 is 17.9 Å². The molecule has 0 aliphatic carbocycles. The number of alkyl halides is 5. The van der Waals surface area contributed by atoms with Crippen LogP contribution in [0.2, 0.25) is 0 Å². The van der Waals surface area contributed by atoms with Gasteiger partial charge in [-0.05, 0) is 10.4 Å². The summed E-state index contributed by atoms with van der Waals surface area (Å²) in [4.78, 5) is 0. The second kappa shape index (κ2) is 2.76. The smallest absolute Gasteiger partial charge is 0.187 e. The lowest BCUT2D eigenvalue weighted by atomic mass is 10.3. The van der Waals surface area contributed by atoms with E-state index in [2.05, 4.69) is 15.5 Å². The Labute approximate surface area is 72.4 Å². The van der Waals surface area contributed by atoms with Crippen molar-refractivity contribution in [2.75, 3.05) is 0 Å². The number of tetrazole rings is 1. The molecule has 10 heteroatoms. The van der Waals surface area contributed by atoms with Gasteiger partial charge >= 0.3 is 12.1 Å². The fourth-order valence-electron chi connectivity index (χ4n) is 0.482.